The summed E-state index contributed by atoms with van der Waals surface area (Å²) in [5.41, 5.74) is 1.79. The van der Waals surface area contributed by atoms with Gasteiger partial charge in [0.2, 0.25) is 0 Å². The summed E-state index contributed by atoms with van der Waals surface area (Å²) < 4.78 is 24.0. The average Bonchev–Trinajstić information content (AvgIpc) is 3.10. The van der Waals surface area contributed by atoms with Crippen molar-refractivity contribution in [3.05, 3.63) is 29.1 Å². The molecule has 7 heteroatoms. The lowest BCUT2D eigenvalue weighted by Crippen LogP contribution is -2.45. The number of amides is 2. The predicted molar refractivity (Wildman–Crippen MR) is 85.5 cm³/mol. The average molecular weight is 338 g/mol. The summed E-state index contributed by atoms with van der Waals surface area (Å²) in [4.78, 5) is 14.2. The van der Waals surface area contributed by atoms with Crippen molar-refractivity contribution in [2.75, 3.05) is 27.4 Å². The van der Waals surface area contributed by atoms with E-state index >= 15 is 0 Å². The van der Waals surface area contributed by atoms with Crippen molar-refractivity contribution >= 4 is 6.03 Å². The molecule has 1 unspecified atom stereocenters. The van der Waals surface area contributed by atoms with Crippen molar-refractivity contribution in [2.45, 2.75) is 37.5 Å². The molecule has 0 aromatic heterocycles. The minimum atomic E-state index is -0.527. The number of aliphatic hydroxyl groups excluding tert-OH is 1. The maximum absolute atomic E-state index is 13.8. The Hall–Kier alpha value is -1.86. The molecular formula is C17H23FN2O4. The Labute approximate surface area is 140 Å². The number of hydrogen-bond donors (Lipinski definition) is 2. The van der Waals surface area contributed by atoms with Crippen LogP contribution < -0.4 is 10.1 Å². The fraction of sp³-hybridized carbons (Fsp3) is 0.588. The number of aryl methyl sites for hydroxylation is 1. The van der Waals surface area contributed by atoms with Crippen LogP contribution in [0.1, 0.15) is 30.0 Å². The number of hydrogen-bond acceptors (Lipinski definition) is 4. The first-order chi connectivity index (χ1) is 11.5. The molecule has 2 amide bonds. The maximum Gasteiger partial charge on any atom is 0.318 e. The van der Waals surface area contributed by atoms with E-state index in [1.165, 1.54) is 13.2 Å². The summed E-state index contributed by atoms with van der Waals surface area (Å²) in [7, 11) is 3.00. The topological polar surface area (TPSA) is 71.0 Å². The lowest BCUT2D eigenvalue weighted by molar-refractivity contribution is 0.122. The van der Waals surface area contributed by atoms with Crippen molar-refractivity contribution in [1.82, 2.24) is 10.2 Å². The summed E-state index contributed by atoms with van der Waals surface area (Å²) in [6.07, 6.45) is 1.42. The van der Waals surface area contributed by atoms with E-state index in [1.807, 2.05) is 0 Å². The molecular weight excluding hydrogens is 315 g/mol. The number of nitrogens with zero attached hydrogens (tertiary/aromatic N) is 1. The minimum absolute atomic E-state index is 0.131. The molecule has 0 radical (unpaired) electrons. The third-order valence-electron chi connectivity index (χ3n) is 4.80. The molecule has 1 aromatic carbocycles. The van der Waals surface area contributed by atoms with E-state index in [1.54, 1.807) is 18.1 Å². The highest BCUT2D eigenvalue weighted by Crippen LogP contribution is 2.35. The van der Waals surface area contributed by atoms with Crippen molar-refractivity contribution in [1.29, 1.82) is 0 Å². The summed E-state index contributed by atoms with van der Waals surface area (Å²) in [6.45, 7) is 0.691. The van der Waals surface area contributed by atoms with Gasteiger partial charge in [-0.2, -0.15) is 0 Å². The third-order valence-corrected chi connectivity index (χ3v) is 4.80. The Balaban J connectivity index is 1.73. The number of carbonyl (C=O) groups excluding carboxylic acids is 1. The summed E-state index contributed by atoms with van der Waals surface area (Å²) in [5, 5.41) is 12.8. The van der Waals surface area contributed by atoms with E-state index in [9.17, 15) is 14.3 Å². The third kappa shape index (κ3) is 3.18. The van der Waals surface area contributed by atoms with Crippen LogP contribution in [0.3, 0.4) is 0 Å². The number of urea groups is 1. The predicted octanol–water partition coefficient (Wildman–Crippen LogP) is 1.61. The van der Waals surface area contributed by atoms with Gasteiger partial charge in [-0.05, 0) is 42.5 Å². The molecule has 1 aliphatic heterocycles. The van der Waals surface area contributed by atoms with E-state index < -0.39 is 6.10 Å². The van der Waals surface area contributed by atoms with E-state index in [0.717, 1.165) is 17.5 Å². The second kappa shape index (κ2) is 6.94. The summed E-state index contributed by atoms with van der Waals surface area (Å²) >= 11 is 0. The molecule has 2 aliphatic rings. The highest BCUT2D eigenvalue weighted by atomic mass is 19.1. The van der Waals surface area contributed by atoms with Gasteiger partial charge in [0, 0.05) is 13.7 Å². The SMILES string of the molecule is COC[C@H]1C[C@@H](O)CN1C(=O)NC1CCc2cc(F)c(OC)cc21. The molecule has 1 aliphatic carbocycles. The number of methoxy groups -OCH3 is 2. The molecule has 0 saturated carbocycles. The summed E-state index contributed by atoms with van der Waals surface area (Å²) in [5.74, 6) is -0.199. The van der Waals surface area contributed by atoms with E-state index in [0.29, 0.717) is 26.0 Å². The molecule has 1 heterocycles. The van der Waals surface area contributed by atoms with Gasteiger partial charge < -0.3 is 24.8 Å². The first kappa shape index (κ1) is 17.0. The highest BCUT2D eigenvalue weighted by Gasteiger charge is 2.36. The number of carbonyl (C=O) groups is 1. The zero-order chi connectivity index (χ0) is 17.3. The van der Waals surface area contributed by atoms with Crippen LogP contribution in [0, 0.1) is 5.82 Å². The molecule has 1 aromatic rings. The van der Waals surface area contributed by atoms with Crippen LogP contribution >= 0.6 is 0 Å². The van der Waals surface area contributed by atoms with Gasteiger partial charge in [0.1, 0.15) is 0 Å². The number of aliphatic hydroxyl groups is 1. The van der Waals surface area contributed by atoms with E-state index in [2.05, 4.69) is 5.32 Å². The van der Waals surface area contributed by atoms with Gasteiger partial charge in [-0.3, -0.25) is 0 Å². The van der Waals surface area contributed by atoms with Gasteiger partial charge >= 0.3 is 6.03 Å². The monoisotopic (exact) mass is 338 g/mol. The number of fused-ring (bicyclic) bond motifs is 1. The van der Waals surface area contributed by atoms with Gasteiger partial charge in [0.15, 0.2) is 11.6 Å². The Bertz CT molecular complexity index is 625. The van der Waals surface area contributed by atoms with Crippen LogP contribution in [-0.4, -0.2) is 55.6 Å². The molecule has 2 N–H and O–H groups in total. The number of β-amino-alcohol motifs (C(OH)–C–C–N with tert-alkyl or cyclic N) is 1. The number of ether oxygens (including phenoxy) is 2. The van der Waals surface area contributed by atoms with E-state index in [-0.39, 0.29) is 29.7 Å². The Morgan fingerprint density at radius 1 is 1.46 bits per heavy atom. The van der Waals surface area contributed by atoms with Crippen LogP contribution in [0.2, 0.25) is 0 Å². The lowest BCUT2D eigenvalue weighted by Gasteiger charge is -2.26. The Morgan fingerprint density at radius 2 is 2.25 bits per heavy atom. The molecule has 0 spiro atoms. The molecule has 132 valence electrons. The van der Waals surface area contributed by atoms with Crippen LogP contribution in [0.15, 0.2) is 12.1 Å². The second-order valence-corrected chi connectivity index (χ2v) is 6.38. The summed E-state index contributed by atoms with van der Waals surface area (Å²) in [6, 6.07) is 2.60. The Morgan fingerprint density at radius 3 is 2.96 bits per heavy atom. The van der Waals surface area contributed by atoms with Crippen molar-refractivity contribution in [2.24, 2.45) is 0 Å². The smallest absolute Gasteiger partial charge is 0.318 e. The standard InChI is InChI=1S/C17H23FN2O4/c1-23-9-11-6-12(21)8-20(11)17(22)19-15-4-3-10-5-14(18)16(24-2)7-13(10)15/h5,7,11-12,15,21H,3-4,6,8-9H2,1-2H3,(H,19,22)/t11-,12-,15?/m1/s1. The molecule has 3 atom stereocenters. The minimum Gasteiger partial charge on any atom is -0.494 e. The van der Waals surface area contributed by atoms with Gasteiger partial charge in [0.25, 0.3) is 0 Å². The first-order valence-corrected chi connectivity index (χ1v) is 8.14. The molecule has 1 fully saturated rings. The first-order valence-electron chi connectivity index (χ1n) is 8.14. The molecule has 24 heavy (non-hydrogen) atoms. The van der Waals surface area contributed by atoms with Gasteiger partial charge in [-0.15, -0.1) is 0 Å². The fourth-order valence-corrected chi connectivity index (χ4v) is 3.64. The number of likely N-dealkylation sites (tertiary alicyclic amines) is 1. The van der Waals surface area contributed by atoms with Crippen LogP contribution in [-0.2, 0) is 11.2 Å². The highest BCUT2D eigenvalue weighted by molar-refractivity contribution is 5.76. The van der Waals surface area contributed by atoms with E-state index in [4.69, 9.17) is 9.47 Å². The van der Waals surface area contributed by atoms with Crippen LogP contribution in [0.25, 0.3) is 0 Å². The van der Waals surface area contributed by atoms with Gasteiger partial charge in [-0.25, -0.2) is 9.18 Å². The van der Waals surface area contributed by atoms with Crippen molar-refractivity contribution < 1.29 is 23.8 Å². The zero-order valence-electron chi connectivity index (χ0n) is 13.9. The number of halogens is 1. The van der Waals surface area contributed by atoms with Gasteiger partial charge in [0.05, 0.1) is 31.9 Å². The number of nitrogens with one attached hydrogen (secondary N) is 1. The normalized spacial score (nSPS) is 25.7. The van der Waals surface area contributed by atoms with Crippen molar-refractivity contribution in [3.8, 4) is 5.75 Å². The van der Waals surface area contributed by atoms with Crippen molar-refractivity contribution in [3.63, 3.8) is 0 Å². The molecule has 1 saturated heterocycles. The van der Waals surface area contributed by atoms with Gasteiger partial charge in [-0.1, -0.05) is 0 Å². The maximum atomic E-state index is 13.8. The molecule has 3 rings (SSSR count). The zero-order valence-corrected chi connectivity index (χ0v) is 13.9. The molecule has 6 nitrogen and oxygen atoms in total. The molecule has 0 bridgehead atoms. The fourth-order valence-electron chi connectivity index (χ4n) is 3.64. The number of rotatable bonds is 4. The second-order valence-electron chi connectivity index (χ2n) is 6.38. The Kier molecular flexibility index (Phi) is 4.91. The van der Waals surface area contributed by atoms with Crippen LogP contribution in [0.5, 0.6) is 5.75 Å². The lowest BCUT2D eigenvalue weighted by atomic mass is 10.1. The largest absolute Gasteiger partial charge is 0.494 e. The quantitative estimate of drug-likeness (QED) is 0.875. The van der Waals surface area contributed by atoms with Crippen LogP contribution in [0.4, 0.5) is 9.18 Å². The number of benzene rings is 1.